The minimum absolute atomic E-state index is 0.129. The SMILES string of the molecule is CCC(C)(C)C(=O)OC1(CC)CC(=O)OC1C(C)C. The highest BCUT2D eigenvalue weighted by Crippen LogP contribution is 2.39. The maximum absolute atomic E-state index is 12.3. The second-order valence-electron chi connectivity index (χ2n) is 6.38. The zero-order valence-electron chi connectivity index (χ0n) is 12.9. The molecule has 1 aliphatic heterocycles. The summed E-state index contributed by atoms with van der Waals surface area (Å²) in [6.07, 6.45) is 1.11. The third-order valence-electron chi connectivity index (χ3n) is 4.16. The molecule has 0 saturated carbocycles. The highest BCUT2D eigenvalue weighted by molar-refractivity contribution is 5.79. The largest absolute Gasteiger partial charge is 0.458 e. The van der Waals surface area contributed by atoms with Crippen LogP contribution in [0.4, 0.5) is 0 Å². The summed E-state index contributed by atoms with van der Waals surface area (Å²) in [5.41, 5.74) is -1.33. The van der Waals surface area contributed by atoms with E-state index in [-0.39, 0.29) is 30.4 Å². The van der Waals surface area contributed by atoms with Crippen LogP contribution in [0.15, 0.2) is 0 Å². The fraction of sp³-hybridized carbons (Fsp3) is 0.867. The average Bonchev–Trinajstić information content (AvgIpc) is 2.66. The summed E-state index contributed by atoms with van der Waals surface area (Å²) >= 11 is 0. The highest BCUT2D eigenvalue weighted by Gasteiger charge is 2.53. The van der Waals surface area contributed by atoms with Gasteiger partial charge in [-0.3, -0.25) is 9.59 Å². The van der Waals surface area contributed by atoms with E-state index in [0.29, 0.717) is 12.8 Å². The molecule has 110 valence electrons. The molecule has 1 heterocycles. The lowest BCUT2D eigenvalue weighted by Crippen LogP contribution is -2.47. The first-order valence-electron chi connectivity index (χ1n) is 7.11. The fourth-order valence-corrected chi connectivity index (χ4v) is 2.34. The molecule has 0 bridgehead atoms. The Balaban J connectivity index is 2.98. The normalized spacial score (nSPS) is 27.5. The predicted octanol–water partition coefficient (Wildman–Crippen LogP) is 3.09. The number of cyclic esters (lactones) is 1. The molecule has 0 aliphatic carbocycles. The van der Waals surface area contributed by atoms with Gasteiger partial charge in [0.15, 0.2) is 5.60 Å². The van der Waals surface area contributed by atoms with Gasteiger partial charge in [0.1, 0.15) is 6.10 Å². The summed E-state index contributed by atoms with van der Waals surface area (Å²) in [5.74, 6) is -0.396. The van der Waals surface area contributed by atoms with E-state index >= 15 is 0 Å². The van der Waals surface area contributed by atoms with Crippen LogP contribution in [0.1, 0.15) is 60.8 Å². The van der Waals surface area contributed by atoms with Crippen LogP contribution in [-0.2, 0) is 19.1 Å². The van der Waals surface area contributed by atoms with E-state index in [1.807, 2.05) is 41.5 Å². The molecule has 4 nitrogen and oxygen atoms in total. The molecule has 0 amide bonds. The summed E-state index contributed by atoms with van der Waals surface area (Å²) in [4.78, 5) is 23.9. The third-order valence-corrected chi connectivity index (χ3v) is 4.16. The van der Waals surface area contributed by atoms with Gasteiger partial charge in [-0.1, -0.05) is 27.7 Å². The molecule has 0 aromatic heterocycles. The van der Waals surface area contributed by atoms with Gasteiger partial charge in [0.05, 0.1) is 11.8 Å². The summed E-state index contributed by atoms with van der Waals surface area (Å²) in [5, 5.41) is 0. The molecule has 0 aromatic carbocycles. The van der Waals surface area contributed by atoms with Gasteiger partial charge in [-0.25, -0.2) is 0 Å². The van der Waals surface area contributed by atoms with E-state index in [9.17, 15) is 9.59 Å². The van der Waals surface area contributed by atoms with Crippen LogP contribution < -0.4 is 0 Å². The van der Waals surface area contributed by atoms with Crippen LogP contribution in [0.3, 0.4) is 0 Å². The van der Waals surface area contributed by atoms with Crippen LogP contribution in [0, 0.1) is 11.3 Å². The van der Waals surface area contributed by atoms with Crippen molar-refractivity contribution in [3.05, 3.63) is 0 Å². The minimum Gasteiger partial charge on any atom is -0.458 e. The van der Waals surface area contributed by atoms with E-state index in [1.54, 1.807) is 0 Å². The molecule has 1 fully saturated rings. The predicted molar refractivity (Wildman–Crippen MR) is 72.5 cm³/mol. The zero-order valence-corrected chi connectivity index (χ0v) is 12.9. The van der Waals surface area contributed by atoms with Crippen LogP contribution in [-0.4, -0.2) is 23.6 Å². The first-order valence-corrected chi connectivity index (χ1v) is 7.11. The Labute approximate surface area is 115 Å². The molecule has 2 atom stereocenters. The number of hydrogen-bond acceptors (Lipinski definition) is 4. The number of carbonyl (C=O) groups is 2. The van der Waals surface area contributed by atoms with Crippen molar-refractivity contribution < 1.29 is 19.1 Å². The van der Waals surface area contributed by atoms with E-state index in [0.717, 1.165) is 0 Å². The number of hydrogen-bond donors (Lipinski definition) is 0. The molecule has 0 spiro atoms. The smallest absolute Gasteiger partial charge is 0.312 e. The quantitative estimate of drug-likeness (QED) is 0.720. The molecule has 4 heteroatoms. The topological polar surface area (TPSA) is 52.6 Å². The highest BCUT2D eigenvalue weighted by atomic mass is 16.6. The van der Waals surface area contributed by atoms with Crippen molar-refractivity contribution in [2.24, 2.45) is 11.3 Å². The van der Waals surface area contributed by atoms with Crippen molar-refractivity contribution in [2.45, 2.75) is 72.5 Å². The van der Waals surface area contributed by atoms with Crippen LogP contribution in [0.5, 0.6) is 0 Å². The van der Waals surface area contributed by atoms with Gasteiger partial charge in [0.2, 0.25) is 0 Å². The monoisotopic (exact) mass is 270 g/mol. The van der Waals surface area contributed by atoms with E-state index in [2.05, 4.69) is 0 Å². The first-order chi connectivity index (χ1) is 8.68. The van der Waals surface area contributed by atoms with Crippen LogP contribution in [0.25, 0.3) is 0 Å². The van der Waals surface area contributed by atoms with Crippen molar-refractivity contribution in [1.29, 1.82) is 0 Å². The maximum atomic E-state index is 12.3. The fourth-order valence-electron chi connectivity index (χ4n) is 2.34. The lowest BCUT2D eigenvalue weighted by atomic mass is 9.84. The van der Waals surface area contributed by atoms with Crippen LogP contribution in [0.2, 0.25) is 0 Å². The molecule has 2 unspecified atom stereocenters. The second-order valence-corrected chi connectivity index (χ2v) is 6.38. The van der Waals surface area contributed by atoms with E-state index in [1.165, 1.54) is 0 Å². The van der Waals surface area contributed by atoms with Crippen molar-refractivity contribution in [3.63, 3.8) is 0 Å². The minimum atomic E-state index is -0.797. The third kappa shape index (κ3) is 3.10. The Hall–Kier alpha value is -1.06. The number of rotatable bonds is 5. The Morgan fingerprint density at radius 1 is 1.47 bits per heavy atom. The molecule has 0 radical (unpaired) electrons. The first kappa shape index (κ1) is 16.0. The van der Waals surface area contributed by atoms with Gasteiger partial charge >= 0.3 is 11.9 Å². The summed E-state index contributed by atoms with van der Waals surface area (Å²) in [6.45, 7) is 11.6. The standard InChI is InChI=1S/C15H26O4/c1-7-14(5,6)13(17)19-15(8-2)9-11(16)18-12(15)10(3)4/h10,12H,7-9H2,1-6H3. The Bertz CT molecular complexity index is 359. The van der Waals surface area contributed by atoms with Gasteiger partial charge in [-0.2, -0.15) is 0 Å². The van der Waals surface area contributed by atoms with Gasteiger partial charge in [0.25, 0.3) is 0 Å². The molecule has 1 rings (SSSR count). The zero-order chi connectivity index (χ0) is 14.8. The molecule has 0 N–H and O–H groups in total. The van der Waals surface area contributed by atoms with Crippen molar-refractivity contribution in [3.8, 4) is 0 Å². The van der Waals surface area contributed by atoms with Gasteiger partial charge in [-0.15, -0.1) is 0 Å². The van der Waals surface area contributed by atoms with Crippen molar-refractivity contribution in [1.82, 2.24) is 0 Å². The molecular formula is C15H26O4. The van der Waals surface area contributed by atoms with Gasteiger partial charge in [0, 0.05) is 0 Å². The molecule has 1 aliphatic rings. The summed E-state index contributed by atoms with van der Waals surface area (Å²) in [6, 6.07) is 0. The Morgan fingerprint density at radius 3 is 2.47 bits per heavy atom. The number of esters is 2. The Morgan fingerprint density at radius 2 is 2.05 bits per heavy atom. The number of carbonyl (C=O) groups excluding carboxylic acids is 2. The van der Waals surface area contributed by atoms with Gasteiger partial charge < -0.3 is 9.47 Å². The maximum Gasteiger partial charge on any atom is 0.312 e. The van der Waals surface area contributed by atoms with Gasteiger partial charge in [-0.05, 0) is 32.6 Å². The molecule has 1 saturated heterocycles. The lowest BCUT2D eigenvalue weighted by molar-refractivity contribution is -0.180. The summed E-state index contributed by atoms with van der Waals surface area (Å²) < 4.78 is 11.1. The Kier molecular flexibility index (Phi) is 4.64. The molecular weight excluding hydrogens is 244 g/mol. The molecule has 19 heavy (non-hydrogen) atoms. The van der Waals surface area contributed by atoms with E-state index < -0.39 is 11.0 Å². The number of ether oxygens (including phenoxy) is 2. The second kappa shape index (κ2) is 5.51. The van der Waals surface area contributed by atoms with Crippen LogP contribution >= 0.6 is 0 Å². The van der Waals surface area contributed by atoms with Crippen molar-refractivity contribution in [2.75, 3.05) is 0 Å². The van der Waals surface area contributed by atoms with Crippen molar-refractivity contribution >= 4 is 11.9 Å². The average molecular weight is 270 g/mol. The molecule has 0 aromatic rings. The van der Waals surface area contributed by atoms with E-state index in [4.69, 9.17) is 9.47 Å². The lowest BCUT2D eigenvalue weighted by Gasteiger charge is -2.36. The summed E-state index contributed by atoms with van der Waals surface area (Å²) in [7, 11) is 0.